The highest BCUT2D eigenvalue weighted by Gasteiger charge is 2.47. The van der Waals surface area contributed by atoms with Crippen LogP contribution in [0, 0.1) is 5.82 Å². The Morgan fingerprint density at radius 3 is 2.52 bits per heavy atom. The van der Waals surface area contributed by atoms with E-state index < -0.39 is 23.9 Å². The molecule has 1 unspecified atom stereocenters. The second kappa shape index (κ2) is 7.72. The van der Waals surface area contributed by atoms with Crippen molar-refractivity contribution in [2.75, 3.05) is 19.6 Å². The molecule has 1 atom stereocenters. The average Bonchev–Trinajstić information content (AvgIpc) is 3.31. The quantitative estimate of drug-likeness (QED) is 0.700. The van der Waals surface area contributed by atoms with E-state index in [0.29, 0.717) is 36.0 Å². The van der Waals surface area contributed by atoms with Crippen LogP contribution in [0.4, 0.5) is 22.4 Å². The average molecular weight is 441 g/mol. The molecule has 2 aliphatic heterocycles. The molecule has 2 aliphatic rings. The van der Waals surface area contributed by atoms with E-state index in [2.05, 4.69) is 9.72 Å². The Morgan fingerprint density at radius 2 is 1.84 bits per heavy atom. The van der Waals surface area contributed by atoms with Gasteiger partial charge in [0.05, 0.1) is 0 Å². The number of H-pyrrole nitrogens is 1. The molecule has 3 heterocycles. The van der Waals surface area contributed by atoms with Crippen molar-refractivity contribution in [1.29, 1.82) is 0 Å². The van der Waals surface area contributed by atoms with Gasteiger partial charge in [-0.25, -0.2) is 9.18 Å². The zero-order valence-electron chi connectivity index (χ0n) is 17.0. The third kappa shape index (κ3) is 4.07. The Bertz CT molecular complexity index is 995. The first-order valence-corrected chi connectivity index (χ1v) is 10.2. The Morgan fingerprint density at radius 1 is 1.13 bits per heavy atom. The number of amides is 2. The topological polar surface area (TPSA) is 65.6 Å². The zero-order chi connectivity index (χ0) is 22.4. The maximum atomic E-state index is 13.5. The predicted octanol–water partition coefficient (Wildman–Crippen LogP) is 4.47. The highest BCUT2D eigenvalue weighted by atomic mass is 19.4. The molecule has 4 rings (SSSR count). The summed E-state index contributed by atoms with van der Waals surface area (Å²) in [6.45, 7) is 1.78. The molecule has 2 saturated heterocycles. The third-order valence-electron chi connectivity index (χ3n) is 6.35. The molecule has 1 spiro atoms. The highest BCUT2D eigenvalue weighted by molar-refractivity contribution is 5.98. The van der Waals surface area contributed by atoms with Gasteiger partial charge in [-0.05, 0) is 56.9 Å². The van der Waals surface area contributed by atoms with E-state index in [0.717, 1.165) is 19.8 Å². The zero-order valence-corrected chi connectivity index (χ0v) is 17.0. The number of nitrogens with one attached hydrogen (secondary N) is 1. The number of piperidine rings is 1. The van der Waals surface area contributed by atoms with Gasteiger partial charge < -0.3 is 19.5 Å². The van der Waals surface area contributed by atoms with Gasteiger partial charge in [0.15, 0.2) is 6.10 Å². The van der Waals surface area contributed by atoms with Gasteiger partial charge in [-0.3, -0.25) is 4.79 Å². The van der Waals surface area contributed by atoms with Crippen molar-refractivity contribution < 1.29 is 31.9 Å². The van der Waals surface area contributed by atoms with Crippen molar-refractivity contribution in [1.82, 2.24) is 14.8 Å². The van der Waals surface area contributed by atoms with Crippen LogP contribution in [0.3, 0.4) is 0 Å². The number of ether oxygens (including phenoxy) is 1. The van der Waals surface area contributed by atoms with E-state index in [-0.39, 0.29) is 24.8 Å². The first-order valence-electron chi connectivity index (χ1n) is 10.2. The number of hydrogen-bond acceptors (Lipinski definition) is 3. The van der Waals surface area contributed by atoms with Crippen LogP contribution in [-0.2, 0) is 4.74 Å². The minimum absolute atomic E-state index is 0.198. The number of carbonyl (C=O) groups excluding carboxylic acids is 2. The van der Waals surface area contributed by atoms with Crippen molar-refractivity contribution in [2.45, 2.75) is 50.4 Å². The highest BCUT2D eigenvalue weighted by Crippen LogP contribution is 2.40. The third-order valence-corrected chi connectivity index (χ3v) is 6.35. The first-order chi connectivity index (χ1) is 14.6. The lowest BCUT2D eigenvalue weighted by atomic mass is 9.85. The van der Waals surface area contributed by atoms with Gasteiger partial charge in [0.25, 0.3) is 5.91 Å². The number of nitrogens with zero attached hydrogens (tertiary/aromatic N) is 2. The van der Waals surface area contributed by atoms with Crippen LogP contribution in [0.2, 0.25) is 0 Å². The normalized spacial score (nSPS) is 19.8. The maximum Gasteiger partial charge on any atom is 0.425 e. The molecule has 1 aromatic heterocycles. The van der Waals surface area contributed by atoms with Crippen LogP contribution in [0.25, 0.3) is 10.9 Å². The van der Waals surface area contributed by atoms with E-state index in [1.807, 2.05) is 0 Å². The van der Waals surface area contributed by atoms with Gasteiger partial charge in [-0.1, -0.05) is 0 Å². The minimum atomic E-state index is -4.61. The summed E-state index contributed by atoms with van der Waals surface area (Å²) in [5.74, 6) is -0.585. The SMILES string of the molecule is CC(OC(=O)N1CCC2(CCCN2C(=O)c2cc3cc(F)ccc3[nH]2)CC1)C(F)(F)F. The summed E-state index contributed by atoms with van der Waals surface area (Å²) >= 11 is 0. The van der Waals surface area contributed by atoms with E-state index in [1.165, 1.54) is 17.0 Å². The van der Waals surface area contributed by atoms with Crippen LogP contribution in [-0.4, -0.2) is 64.2 Å². The second-order valence-corrected chi connectivity index (χ2v) is 8.25. The van der Waals surface area contributed by atoms with E-state index in [1.54, 1.807) is 17.0 Å². The molecule has 2 fully saturated rings. The van der Waals surface area contributed by atoms with Crippen LogP contribution in [0.15, 0.2) is 24.3 Å². The van der Waals surface area contributed by atoms with E-state index in [4.69, 9.17) is 0 Å². The number of carbonyl (C=O) groups is 2. The van der Waals surface area contributed by atoms with Gasteiger partial charge in [-0.2, -0.15) is 13.2 Å². The van der Waals surface area contributed by atoms with E-state index >= 15 is 0 Å². The number of rotatable bonds is 2. The summed E-state index contributed by atoms with van der Waals surface area (Å²) in [5, 5.41) is 0.605. The maximum absolute atomic E-state index is 13.5. The van der Waals surface area contributed by atoms with Gasteiger partial charge >= 0.3 is 12.3 Å². The second-order valence-electron chi connectivity index (χ2n) is 8.25. The van der Waals surface area contributed by atoms with Crippen LogP contribution < -0.4 is 0 Å². The Kier molecular flexibility index (Phi) is 5.35. The molecule has 10 heteroatoms. The first kappa shape index (κ1) is 21.5. The predicted molar refractivity (Wildman–Crippen MR) is 104 cm³/mol. The summed E-state index contributed by atoms with van der Waals surface area (Å²) in [7, 11) is 0. The van der Waals surface area contributed by atoms with Crippen molar-refractivity contribution in [3.63, 3.8) is 0 Å². The van der Waals surface area contributed by atoms with Gasteiger partial charge in [0.2, 0.25) is 0 Å². The van der Waals surface area contributed by atoms with Crippen molar-refractivity contribution in [3.8, 4) is 0 Å². The smallest absolute Gasteiger partial charge is 0.425 e. The number of aromatic nitrogens is 1. The summed E-state index contributed by atoms with van der Waals surface area (Å²) in [5.41, 5.74) is 0.573. The standard InChI is InChI=1S/C21H23F4N3O3/c1-13(21(23,24)25)31-19(30)27-9-6-20(7-10-27)5-2-8-28(20)18(29)17-12-14-11-15(22)3-4-16(14)26-17/h3-4,11-13,26H,2,5-10H2,1H3. The molecule has 2 amide bonds. The Balaban J connectivity index is 1.44. The molecular formula is C21H23F4N3O3. The molecule has 2 aromatic rings. The molecule has 0 bridgehead atoms. The molecule has 0 saturated carbocycles. The number of alkyl halides is 3. The molecule has 1 aromatic carbocycles. The van der Waals surface area contributed by atoms with Gasteiger partial charge in [-0.15, -0.1) is 0 Å². The van der Waals surface area contributed by atoms with Crippen LogP contribution in [0.1, 0.15) is 43.1 Å². The number of aromatic amines is 1. The fourth-order valence-electron chi connectivity index (χ4n) is 4.54. The van der Waals surface area contributed by atoms with E-state index in [9.17, 15) is 27.2 Å². The summed E-state index contributed by atoms with van der Waals surface area (Å²) < 4.78 is 56.0. The molecule has 31 heavy (non-hydrogen) atoms. The molecule has 0 aliphatic carbocycles. The summed E-state index contributed by atoms with van der Waals surface area (Å²) in [6, 6.07) is 5.87. The number of benzene rings is 1. The van der Waals surface area contributed by atoms with Crippen LogP contribution >= 0.6 is 0 Å². The summed E-state index contributed by atoms with van der Waals surface area (Å²) in [6.07, 6.45) is -5.29. The lowest BCUT2D eigenvalue weighted by Gasteiger charge is -2.44. The molecule has 1 N–H and O–H groups in total. The minimum Gasteiger partial charge on any atom is -0.437 e. The molecule has 6 nitrogen and oxygen atoms in total. The molecule has 0 radical (unpaired) electrons. The number of fused-ring (bicyclic) bond motifs is 1. The summed E-state index contributed by atoms with van der Waals surface area (Å²) in [4.78, 5) is 31.4. The fraction of sp³-hybridized carbons (Fsp3) is 0.524. The number of halogens is 4. The lowest BCUT2D eigenvalue weighted by molar-refractivity contribution is -0.200. The van der Waals surface area contributed by atoms with Gasteiger partial charge in [0, 0.05) is 36.1 Å². The molecular weight excluding hydrogens is 418 g/mol. The fourth-order valence-corrected chi connectivity index (χ4v) is 4.54. The van der Waals surface area contributed by atoms with Crippen LogP contribution in [0.5, 0.6) is 0 Å². The largest absolute Gasteiger partial charge is 0.437 e. The Labute approximate surface area is 176 Å². The number of likely N-dealkylation sites (tertiary alicyclic amines) is 2. The lowest BCUT2D eigenvalue weighted by Crippen LogP contribution is -2.55. The Hall–Kier alpha value is -2.78. The number of hydrogen-bond donors (Lipinski definition) is 1. The van der Waals surface area contributed by atoms with Crippen molar-refractivity contribution in [3.05, 3.63) is 35.8 Å². The van der Waals surface area contributed by atoms with Gasteiger partial charge in [0.1, 0.15) is 11.5 Å². The molecule has 168 valence electrons. The monoisotopic (exact) mass is 441 g/mol. The van der Waals surface area contributed by atoms with Crippen molar-refractivity contribution in [2.24, 2.45) is 0 Å². The van der Waals surface area contributed by atoms with Crippen molar-refractivity contribution >= 4 is 22.9 Å².